The number of rotatable bonds is 2. The lowest BCUT2D eigenvalue weighted by atomic mass is 10.1. The molecule has 0 aliphatic rings. The maximum atomic E-state index is 5.57. The van der Waals surface area contributed by atoms with Crippen LogP contribution in [0.5, 0.6) is 0 Å². The minimum absolute atomic E-state index is 0. The molecule has 0 fully saturated rings. The molecular weight excluding hydrogens is 189 g/mol. The third-order valence-corrected chi connectivity index (χ3v) is 1.78. The average Bonchev–Trinajstić information content (AvgIpc) is 1.65. The molecule has 0 saturated heterocycles. The van der Waals surface area contributed by atoms with E-state index in [4.69, 9.17) is 5.73 Å². The van der Waals surface area contributed by atoms with Crippen LogP contribution in [0.1, 0.15) is 13.8 Å². The second kappa shape index (κ2) is 5.86. The zero-order valence-corrected chi connectivity index (χ0v) is 7.63. The molecule has 0 aromatic rings. The van der Waals surface area contributed by atoms with E-state index in [1.807, 2.05) is 0 Å². The highest BCUT2D eigenvalue weighted by Crippen LogP contribution is 1.99. The van der Waals surface area contributed by atoms with Crippen LogP contribution in [-0.4, -0.2) is 11.4 Å². The van der Waals surface area contributed by atoms with Crippen molar-refractivity contribution in [1.29, 1.82) is 0 Å². The lowest BCUT2D eigenvalue weighted by Gasteiger charge is -2.09. The van der Waals surface area contributed by atoms with Crippen molar-refractivity contribution < 1.29 is 0 Å². The van der Waals surface area contributed by atoms with E-state index in [-0.39, 0.29) is 12.4 Å². The highest BCUT2D eigenvalue weighted by atomic mass is 79.9. The molecule has 1 atom stereocenters. The van der Waals surface area contributed by atoms with Gasteiger partial charge in [-0.2, -0.15) is 0 Å². The van der Waals surface area contributed by atoms with Gasteiger partial charge in [0.1, 0.15) is 0 Å². The van der Waals surface area contributed by atoms with Crippen molar-refractivity contribution in [3.8, 4) is 0 Å². The number of halogens is 2. The van der Waals surface area contributed by atoms with Gasteiger partial charge in [-0.15, -0.1) is 12.4 Å². The first-order chi connectivity index (χ1) is 3.18. The highest BCUT2D eigenvalue weighted by Gasteiger charge is 2.02. The summed E-state index contributed by atoms with van der Waals surface area (Å²) < 4.78 is 0. The van der Waals surface area contributed by atoms with Crippen molar-refractivity contribution in [2.45, 2.75) is 19.9 Å². The summed E-state index contributed by atoms with van der Waals surface area (Å²) in [7, 11) is 0. The first-order valence-electron chi connectivity index (χ1n) is 2.50. The van der Waals surface area contributed by atoms with Crippen molar-refractivity contribution in [1.82, 2.24) is 0 Å². The van der Waals surface area contributed by atoms with Gasteiger partial charge in [-0.3, -0.25) is 0 Å². The summed E-state index contributed by atoms with van der Waals surface area (Å²) in [6.07, 6.45) is 0. The Hall–Kier alpha value is 0.730. The van der Waals surface area contributed by atoms with E-state index < -0.39 is 0 Å². The quantitative estimate of drug-likeness (QED) is 0.679. The fourth-order valence-corrected chi connectivity index (χ4v) is 0.926. The third-order valence-electron chi connectivity index (χ3n) is 1.03. The van der Waals surface area contributed by atoms with Gasteiger partial charge in [-0.1, -0.05) is 29.8 Å². The minimum Gasteiger partial charge on any atom is -0.327 e. The number of nitrogens with two attached hydrogens (primary N) is 1. The maximum absolute atomic E-state index is 5.57. The fraction of sp³-hybridized carbons (Fsp3) is 1.00. The molecule has 0 aliphatic carbocycles. The van der Waals surface area contributed by atoms with Gasteiger partial charge in [0.25, 0.3) is 0 Å². The van der Waals surface area contributed by atoms with Crippen LogP contribution < -0.4 is 5.73 Å². The van der Waals surface area contributed by atoms with Crippen molar-refractivity contribution in [3.63, 3.8) is 0 Å². The Labute approximate surface area is 65.6 Å². The van der Waals surface area contributed by atoms with E-state index in [1.54, 1.807) is 0 Å². The van der Waals surface area contributed by atoms with Gasteiger partial charge in [0.05, 0.1) is 0 Å². The molecular formula is C5H13BrClN. The second-order valence-corrected chi connectivity index (χ2v) is 2.71. The van der Waals surface area contributed by atoms with Crippen LogP contribution >= 0.6 is 28.3 Å². The molecule has 0 aromatic carbocycles. The summed E-state index contributed by atoms with van der Waals surface area (Å²) in [5, 5.41) is 0.907. The van der Waals surface area contributed by atoms with Crippen molar-refractivity contribution in [2.75, 3.05) is 5.33 Å². The van der Waals surface area contributed by atoms with Crippen molar-refractivity contribution in [2.24, 2.45) is 11.7 Å². The molecule has 8 heavy (non-hydrogen) atoms. The molecule has 3 heteroatoms. The van der Waals surface area contributed by atoms with E-state index in [2.05, 4.69) is 29.8 Å². The normalized spacial score (nSPS) is 13.1. The zero-order chi connectivity index (χ0) is 5.86. The fourth-order valence-electron chi connectivity index (χ4n) is 0.178. The van der Waals surface area contributed by atoms with E-state index in [1.165, 1.54) is 0 Å². The highest BCUT2D eigenvalue weighted by molar-refractivity contribution is 9.09. The molecule has 0 heterocycles. The van der Waals surface area contributed by atoms with Gasteiger partial charge >= 0.3 is 0 Å². The summed E-state index contributed by atoms with van der Waals surface area (Å²) in [5.41, 5.74) is 5.57. The molecule has 0 aromatic heterocycles. The Balaban J connectivity index is 0. The van der Waals surface area contributed by atoms with E-state index in [9.17, 15) is 0 Å². The molecule has 0 saturated carbocycles. The van der Waals surface area contributed by atoms with Crippen LogP contribution in [0.3, 0.4) is 0 Å². The molecule has 1 nitrogen and oxygen atoms in total. The molecule has 0 amide bonds. The molecule has 0 spiro atoms. The zero-order valence-electron chi connectivity index (χ0n) is 5.23. The van der Waals surface area contributed by atoms with Gasteiger partial charge in [-0.25, -0.2) is 0 Å². The molecule has 0 aliphatic heterocycles. The lowest BCUT2D eigenvalue weighted by Crippen LogP contribution is -2.27. The summed E-state index contributed by atoms with van der Waals surface area (Å²) in [4.78, 5) is 0. The van der Waals surface area contributed by atoms with Gasteiger partial charge in [-0.05, 0) is 5.92 Å². The van der Waals surface area contributed by atoms with Crippen LogP contribution in [0.15, 0.2) is 0 Å². The van der Waals surface area contributed by atoms with Crippen LogP contribution in [0.4, 0.5) is 0 Å². The molecule has 0 bridgehead atoms. The molecule has 0 rings (SSSR count). The van der Waals surface area contributed by atoms with E-state index in [0.717, 1.165) is 5.33 Å². The largest absolute Gasteiger partial charge is 0.327 e. The first-order valence-corrected chi connectivity index (χ1v) is 3.62. The Morgan fingerprint density at radius 3 is 1.88 bits per heavy atom. The van der Waals surface area contributed by atoms with Crippen molar-refractivity contribution in [3.05, 3.63) is 0 Å². The summed E-state index contributed by atoms with van der Waals surface area (Å²) in [6, 6.07) is 0.319. The minimum atomic E-state index is 0. The maximum Gasteiger partial charge on any atom is 0.0186 e. The number of hydrogen-bond donors (Lipinski definition) is 1. The molecule has 0 radical (unpaired) electrons. The van der Waals surface area contributed by atoms with Crippen LogP contribution in [0.25, 0.3) is 0 Å². The van der Waals surface area contributed by atoms with Gasteiger partial charge in [0.15, 0.2) is 0 Å². The summed E-state index contributed by atoms with van der Waals surface area (Å²) >= 11 is 3.29. The number of alkyl halides is 1. The Morgan fingerprint density at radius 1 is 1.50 bits per heavy atom. The lowest BCUT2D eigenvalue weighted by molar-refractivity contribution is 0.538. The second-order valence-electron chi connectivity index (χ2n) is 2.06. The summed E-state index contributed by atoms with van der Waals surface area (Å²) in [6.45, 7) is 4.23. The van der Waals surface area contributed by atoms with Crippen molar-refractivity contribution >= 4 is 28.3 Å². The van der Waals surface area contributed by atoms with Crippen LogP contribution in [0, 0.1) is 5.92 Å². The average molecular weight is 203 g/mol. The Bertz CT molecular complexity index is 49.7. The Morgan fingerprint density at radius 2 is 1.88 bits per heavy atom. The molecule has 2 N–H and O–H groups in total. The predicted octanol–water partition coefficient (Wildman–Crippen LogP) is 1.79. The summed E-state index contributed by atoms with van der Waals surface area (Å²) in [5.74, 6) is 0.597. The van der Waals surface area contributed by atoms with Gasteiger partial charge in [0.2, 0.25) is 0 Å². The predicted molar refractivity (Wildman–Crippen MR) is 43.9 cm³/mol. The molecule has 0 unspecified atom stereocenters. The third kappa shape index (κ3) is 4.88. The monoisotopic (exact) mass is 201 g/mol. The smallest absolute Gasteiger partial charge is 0.0186 e. The topological polar surface area (TPSA) is 26.0 Å². The van der Waals surface area contributed by atoms with E-state index in [0.29, 0.717) is 12.0 Å². The first kappa shape index (κ1) is 11.5. The van der Waals surface area contributed by atoms with Crippen LogP contribution in [0.2, 0.25) is 0 Å². The van der Waals surface area contributed by atoms with Gasteiger partial charge < -0.3 is 5.73 Å². The SMILES string of the molecule is CC(C)[C@H](N)CBr.Cl. The molecule has 52 valence electrons. The van der Waals surface area contributed by atoms with Crippen LogP contribution in [-0.2, 0) is 0 Å². The van der Waals surface area contributed by atoms with E-state index >= 15 is 0 Å². The Kier molecular flexibility index (Phi) is 8.44. The standard InChI is InChI=1S/C5H12BrN.ClH/c1-4(2)5(7)3-6;/h4-5H,3,7H2,1-2H3;1H/t5-;/m1./s1. The number of hydrogen-bond acceptors (Lipinski definition) is 1. The van der Waals surface area contributed by atoms with Gasteiger partial charge in [0, 0.05) is 11.4 Å².